The quantitative estimate of drug-likeness (QED) is 0.885. The van der Waals surface area contributed by atoms with Crippen LogP contribution in [0.1, 0.15) is 31.7 Å². The summed E-state index contributed by atoms with van der Waals surface area (Å²) in [4.78, 5) is 0. The van der Waals surface area contributed by atoms with Gasteiger partial charge in [0.1, 0.15) is 0 Å². The third-order valence-electron chi connectivity index (χ3n) is 3.33. The lowest BCUT2D eigenvalue weighted by Crippen LogP contribution is -2.29. The largest absolute Gasteiger partial charge is 0.382 e. The number of nitrogens with one attached hydrogen (secondary N) is 2. The van der Waals surface area contributed by atoms with Crippen LogP contribution in [0.2, 0.25) is 0 Å². The molecule has 0 radical (unpaired) electrons. The Morgan fingerprint density at radius 2 is 2.35 bits per heavy atom. The van der Waals surface area contributed by atoms with E-state index < -0.39 is 0 Å². The van der Waals surface area contributed by atoms with Crippen LogP contribution >= 0.6 is 15.9 Å². The Bertz CT molecular complexity index is 372. The van der Waals surface area contributed by atoms with Crippen LogP contribution in [0.4, 0.5) is 5.69 Å². The maximum atomic E-state index is 3.61. The van der Waals surface area contributed by atoms with Gasteiger partial charge < -0.3 is 10.6 Å². The van der Waals surface area contributed by atoms with E-state index in [0.29, 0.717) is 12.1 Å². The maximum absolute atomic E-state index is 3.61. The predicted octanol–water partition coefficient (Wildman–Crippen LogP) is 3.70. The Morgan fingerprint density at radius 1 is 1.53 bits per heavy atom. The highest BCUT2D eigenvalue weighted by Gasteiger charge is 2.17. The topological polar surface area (TPSA) is 24.1 Å². The Balaban J connectivity index is 1.90. The normalized spacial score (nSPS) is 21.5. The van der Waals surface area contributed by atoms with Gasteiger partial charge in [0.2, 0.25) is 0 Å². The molecule has 2 rings (SSSR count). The van der Waals surface area contributed by atoms with Crippen molar-refractivity contribution in [2.75, 3.05) is 11.9 Å². The third kappa shape index (κ3) is 3.71. The Hall–Kier alpha value is -0.540. The maximum Gasteiger partial charge on any atom is 0.0486 e. The lowest BCUT2D eigenvalue weighted by atomic mass is 10.1. The van der Waals surface area contributed by atoms with E-state index in [-0.39, 0.29) is 0 Å². The van der Waals surface area contributed by atoms with Crippen molar-refractivity contribution in [3.63, 3.8) is 0 Å². The van der Waals surface area contributed by atoms with Crippen LogP contribution in [0.25, 0.3) is 0 Å². The minimum absolute atomic E-state index is 0.504. The van der Waals surface area contributed by atoms with Gasteiger partial charge in [-0.05, 0) is 73.3 Å². The number of anilines is 1. The molecule has 0 bridgehead atoms. The lowest BCUT2D eigenvalue weighted by molar-refractivity contribution is 0.523. The van der Waals surface area contributed by atoms with E-state index in [1.807, 2.05) is 0 Å². The van der Waals surface area contributed by atoms with Crippen LogP contribution in [0.15, 0.2) is 22.7 Å². The number of benzene rings is 1. The number of halogens is 1. The van der Waals surface area contributed by atoms with Crippen molar-refractivity contribution >= 4 is 21.6 Å². The van der Waals surface area contributed by atoms with Gasteiger partial charge in [-0.1, -0.05) is 6.07 Å². The minimum Gasteiger partial charge on any atom is -0.382 e. The highest BCUT2D eigenvalue weighted by Crippen LogP contribution is 2.25. The van der Waals surface area contributed by atoms with Gasteiger partial charge in [-0.25, -0.2) is 0 Å². The molecule has 2 unspecified atom stereocenters. The molecule has 1 saturated heterocycles. The molecule has 17 heavy (non-hydrogen) atoms. The zero-order valence-corrected chi connectivity index (χ0v) is 12.2. The van der Waals surface area contributed by atoms with Crippen molar-refractivity contribution in [3.8, 4) is 0 Å². The Labute approximate surface area is 112 Å². The van der Waals surface area contributed by atoms with Crippen LogP contribution < -0.4 is 10.6 Å². The highest BCUT2D eigenvalue weighted by molar-refractivity contribution is 9.10. The molecule has 0 aliphatic carbocycles. The van der Waals surface area contributed by atoms with E-state index >= 15 is 0 Å². The summed E-state index contributed by atoms with van der Waals surface area (Å²) in [5.41, 5.74) is 2.48. The summed E-state index contributed by atoms with van der Waals surface area (Å²) in [5, 5.41) is 7.12. The van der Waals surface area contributed by atoms with Gasteiger partial charge in [0.05, 0.1) is 0 Å². The summed E-state index contributed by atoms with van der Waals surface area (Å²) in [6, 6.07) is 7.65. The molecule has 2 N–H and O–H groups in total. The number of hydrogen-bond acceptors (Lipinski definition) is 2. The van der Waals surface area contributed by atoms with Crippen molar-refractivity contribution in [3.05, 3.63) is 28.2 Å². The molecule has 1 aliphatic rings. The molecule has 1 heterocycles. The number of hydrogen-bond donors (Lipinski definition) is 2. The fraction of sp³-hybridized carbons (Fsp3) is 0.571. The molecular weight excluding hydrogens is 276 g/mol. The molecule has 0 amide bonds. The summed E-state index contributed by atoms with van der Waals surface area (Å²) in [7, 11) is 0. The molecule has 1 fully saturated rings. The number of rotatable bonds is 4. The van der Waals surface area contributed by atoms with Crippen molar-refractivity contribution in [2.24, 2.45) is 0 Å². The van der Waals surface area contributed by atoms with Gasteiger partial charge in [0, 0.05) is 22.2 Å². The van der Waals surface area contributed by atoms with Crippen LogP contribution in [0, 0.1) is 6.92 Å². The fourth-order valence-corrected chi connectivity index (χ4v) is 3.05. The first-order valence-corrected chi connectivity index (χ1v) is 7.20. The standard InChI is InChI=1S/C14H21BrN2/c1-10-5-6-14(13(15)8-10)17-11(2)9-12-4-3-7-16-12/h5-6,8,11-12,16-17H,3-4,7,9H2,1-2H3. The summed E-state index contributed by atoms with van der Waals surface area (Å²) < 4.78 is 1.16. The van der Waals surface area contributed by atoms with E-state index in [0.717, 1.165) is 4.47 Å². The molecule has 2 nitrogen and oxygen atoms in total. The molecule has 1 aromatic rings. The monoisotopic (exact) mass is 296 g/mol. The van der Waals surface area contributed by atoms with Crippen LogP contribution in [0.3, 0.4) is 0 Å². The Morgan fingerprint density at radius 3 is 3.00 bits per heavy atom. The second kappa shape index (κ2) is 5.87. The molecule has 0 spiro atoms. The average Bonchev–Trinajstić information content (AvgIpc) is 2.75. The predicted molar refractivity (Wildman–Crippen MR) is 77.6 cm³/mol. The summed E-state index contributed by atoms with van der Waals surface area (Å²) in [6.45, 7) is 5.55. The van der Waals surface area contributed by atoms with Gasteiger partial charge >= 0.3 is 0 Å². The van der Waals surface area contributed by atoms with E-state index in [1.54, 1.807) is 0 Å². The SMILES string of the molecule is Cc1ccc(NC(C)CC2CCCN2)c(Br)c1. The van der Waals surface area contributed by atoms with Gasteiger partial charge in [-0.3, -0.25) is 0 Å². The third-order valence-corrected chi connectivity index (χ3v) is 3.98. The summed E-state index contributed by atoms with van der Waals surface area (Å²) in [6.07, 6.45) is 3.84. The first kappa shape index (κ1) is 12.9. The molecule has 1 aromatic carbocycles. The van der Waals surface area contributed by atoms with Crippen molar-refractivity contribution < 1.29 is 0 Å². The van der Waals surface area contributed by atoms with Gasteiger partial charge in [-0.2, -0.15) is 0 Å². The minimum atomic E-state index is 0.504. The molecule has 2 atom stereocenters. The summed E-state index contributed by atoms with van der Waals surface area (Å²) >= 11 is 3.61. The second-order valence-electron chi connectivity index (χ2n) is 5.06. The van der Waals surface area contributed by atoms with Crippen molar-refractivity contribution in [2.45, 2.75) is 45.2 Å². The van der Waals surface area contributed by atoms with E-state index in [2.05, 4.69) is 58.6 Å². The number of aryl methyl sites for hydroxylation is 1. The van der Waals surface area contributed by atoms with Gasteiger partial charge in [0.25, 0.3) is 0 Å². The zero-order chi connectivity index (χ0) is 12.3. The van der Waals surface area contributed by atoms with Crippen molar-refractivity contribution in [1.29, 1.82) is 0 Å². The summed E-state index contributed by atoms with van der Waals surface area (Å²) in [5.74, 6) is 0. The molecule has 94 valence electrons. The molecule has 1 aliphatic heterocycles. The first-order valence-electron chi connectivity index (χ1n) is 6.41. The fourth-order valence-electron chi connectivity index (χ4n) is 2.45. The Kier molecular flexibility index (Phi) is 4.46. The van der Waals surface area contributed by atoms with Crippen LogP contribution in [0.5, 0.6) is 0 Å². The second-order valence-corrected chi connectivity index (χ2v) is 5.91. The lowest BCUT2D eigenvalue weighted by Gasteiger charge is -2.20. The van der Waals surface area contributed by atoms with Crippen LogP contribution in [-0.2, 0) is 0 Å². The molecule has 0 saturated carbocycles. The van der Waals surface area contributed by atoms with E-state index in [1.165, 1.54) is 37.1 Å². The van der Waals surface area contributed by atoms with Crippen molar-refractivity contribution in [1.82, 2.24) is 5.32 Å². The smallest absolute Gasteiger partial charge is 0.0486 e. The molecule has 3 heteroatoms. The first-order chi connectivity index (χ1) is 8.15. The zero-order valence-electron chi connectivity index (χ0n) is 10.6. The van der Waals surface area contributed by atoms with E-state index in [4.69, 9.17) is 0 Å². The highest BCUT2D eigenvalue weighted by atomic mass is 79.9. The molecular formula is C14H21BrN2. The van der Waals surface area contributed by atoms with Gasteiger partial charge in [-0.15, -0.1) is 0 Å². The van der Waals surface area contributed by atoms with E-state index in [9.17, 15) is 0 Å². The van der Waals surface area contributed by atoms with Gasteiger partial charge in [0.15, 0.2) is 0 Å². The average molecular weight is 297 g/mol. The molecule has 0 aromatic heterocycles. The van der Waals surface area contributed by atoms with Crippen LogP contribution in [-0.4, -0.2) is 18.6 Å².